The highest BCUT2D eigenvalue weighted by molar-refractivity contribution is 5.96. The molecule has 0 bridgehead atoms. The van der Waals surface area contributed by atoms with Gasteiger partial charge in [-0.2, -0.15) is 10.2 Å². The van der Waals surface area contributed by atoms with E-state index in [1.807, 2.05) is 0 Å². The molecule has 1 unspecified atom stereocenters. The molecule has 2 aliphatic rings. The SMILES string of the molecule is CC1=CC(C(N)=O)=C(F)CC1(C)Nc1ncc2c(n1)n(C1CC(C#N)C1)c(=O)n2C. The second-order valence-electron chi connectivity index (χ2n) is 8.21. The lowest BCUT2D eigenvalue weighted by Gasteiger charge is -2.34. The largest absolute Gasteiger partial charge is 0.366 e. The Hall–Kier alpha value is -3.48. The molecule has 9 nitrogen and oxygen atoms in total. The summed E-state index contributed by atoms with van der Waals surface area (Å²) in [6, 6.07) is 2.14. The molecule has 2 aromatic heterocycles. The number of anilines is 1. The number of aromatic nitrogens is 4. The lowest BCUT2D eigenvalue weighted by Crippen LogP contribution is -2.39. The van der Waals surface area contributed by atoms with E-state index in [0.29, 0.717) is 29.6 Å². The lowest BCUT2D eigenvalue weighted by molar-refractivity contribution is -0.114. The Bertz CT molecular complexity index is 1230. The standard InChI is InChI=1S/C20H22FN7O2/c1-10-4-13(16(23)29)14(21)7-20(10,2)26-18-24-9-15-17(25-18)28(19(30)27(15)3)12-5-11(6-12)8-22/h4,9,11-12H,5-7H2,1-3H3,(H2,23,29)(H,24,25,26). The highest BCUT2D eigenvalue weighted by Crippen LogP contribution is 2.38. The zero-order valence-corrected chi connectivity index (χ0v) is 16.9. The topological polar surface area (TPSA) is 132 Å². The van der Waals surface area contributed by atoms with Crippen molar-refractivity contribution in [2.45, 2.75) is 44.7 Å². The summed E-state index contributed by atoms with van der Waals surface area (Å²) in [5.74, 6) is -1.22. The van der Waals surface area contributed by atoms with E-state index in [1.54, 1.807) is 31.7 Å². The molecule has 30 heavy (non-hydrogen) atoms. The number of fused-ring (bicyclic) bond motifs is 1. The average Bonchev–Trinajstić information content (AvgIpc) is 2.88. The van der Waals surface area contributed by atoms with Crippen molar-refractivity contribution in [3.8, 4) is 6.07 Å². The average molecular weight is 411 g/mol. The summed E-state index contributed by atoms with van der Waals surface area (Å²) < 4.78 is 17.5. The lowest BCUT2D eigenvalue weighted by atomic mass is 9.81. The molecule has 0 aromatic carbocycles. The van der Waals surface area contributed by atoms with Gasteiger partial charge in [0, 0.05) is 19.5 Å². The number of carbonyl (C=O) groups excluding carboxylic acids is 1. The van der Waals surface area contributed by atoms with Crippen LogP contribution in [-0.4, -0.2) is 30.5 Å². The van der Waals surface area contributed by atoms with Crippen LogP contribution in [0.1, 0.15) is 39.2 Å². The third-order valence-electron chi connectivity index (χ3n) is 6.18. The Morgan fingerprint density at radius 1 is 1.47 bits per heavy atom. The number of nitrogens with one attached hydrogen (secondary N) is 1. The molecule has 0 radical (unpaired) electrons. The number of aryl methyl sites for hydroxylation is 1. The van der Waals surface area contributed by atoms with Gasteiger partial charge in [-0.05, 0) is 38.3 Å². The molecule has 3 N–H and O–H groups in total. The fourth-order valence-corrected chi connectivity index (χ4v) is 4.02. The Morgan fingerprint density at radius 2 is 2.17 bits per heavy atom. The van der Waals surface area contributed by atoms with E-state index in [0.717, 1.165) is 0 Å². The van der Waals surface area contributed by atoms with Crippen molar-refractivity contribution in [3.63, 3.8) is 0 Å². The number of imidazole rings is 1. The number of amides is 1. The van der Waals surface area contributed by atoms with Gasteiger partial charge in [-0.1, -0.05) is 0 Å². The number of primary amides is 1. The van der Waals surface area contributed by atoms with Gasteiger partial charge in [0.25, 0.3) is 5.91 Å². The number of hydrogen-bond donors (Lipinski definition) is 2. The Labute approximate surface area is 171 Å². The van der Waals surface area contributed by atoms with E-state index >= 15 is 0 Å². The van der Waals surface area contributed by atoms with Crippen molar-refractivity contribution in [1.82, 2.24) is 19.1 Å². The van der Waals surface area contributed by atoms with E-state index in [-0.39, 0.29) is 35.6 Å². The highest BCUT2D eigenvalue weighted by Gasteiger charge is 2.36. The van der Waals surface area contributed by atoms with Crippen LogP contribution in [0.3, 0.4) is 0 Å². The molecular weight excluding hydrogens is 389 g/mol. The van der Waals surface area contributed by atoms with Gasteiger partial charge < -0.3 is 11.1 Å². The molecule has 1 amide bonds. The van der Waals surface area contributed by atoms with E-state index < -0.39 is 17.3 Å². The normalized spacial score (nSPS) is 26.2. The molecule has 2 aromatic rings. The van der Waals surface area contributed by atoms with E-state index in [9.17, 15) is 14.0 Å². The highest BCUT2D eigenvalue weighted by atomic mass is 19.1. The monoisotopic (exact) mass is 411 g/mol. The predicted octanol–water partition coefficient (Wildman–Crippen LogP) is 1.83. The molecule has 1 atom stereocenters. The number of hydrogen-bond acceptors (Lipinski definition) is 6. The summed E-state index contributed by atoms with van der Waals surface area (Å²) >= 11 is 0. The number of nitrogens with two attached hydrogens (primary N) is 1. The van der Waals surface area contributed by atoms with Crippen LogP contribution in [0.15, 0.2) is 34.0 Å². The smallest absolute Gasteiger partial charge is 0.330 e. The second-order valence-corrected chi connectivity index (χ2v) is 8.21. The number of nitriles is 1. The van der Waals surface area contributed by atoms with Gasteiger partial charge in [0.15, 0.2) is 5.65 Å². The first-order valence-electron chi connectivity index (χ1n) is 9.63. The van der Waals surface area contributed by atoms with E-state index in [1.165, 1.54) is 10.6 Å². The van der Waals surface area contributed by atoms with E-state index in [4.69, 9.17) is 11.0 Å². The zero-order valence-electron chi connectivity index (χ0n) is 16.9. The van der Waals surface area contributed by atoms with Crippen molar-refractivity contribution in [2.75, 3.05) is 5.32 Å². The maximum atomic E-state index is 14.5. The Kier molecular flexibility index (Phi) is 4.49. The summed E-state index contributed by atoms with van der Waals surface area (Å²) in [7, 11) is 1.65. The fourth-order valence-electron chi connectivity index (χ4n) is 4.02. The van der Waals surface area contributed by atoms with Crippen LogP contribution in [0, 0.1) is 17.2 Å². The molecule has 1 saturated carbocycles. The fraction of sp³-hybridized carbons (Fsp3) is 0.450. The molecule has 156 valence electrons. The number of carbonyl (C=O) groups is 1. The van der Waals surface area contributed by atoms with Gasteiger partial charge in [-0.3, -0.25) is 13.9 Å². The third-order valence-corrected chi connectivity index (χ3v) is 6.18. The molecule has 1 fully saturated rings. The van der Waals surface area contributed by atoms with Crippen LogP contribution in [0.2, 0.25) is 0 Å². The summed E-state index contributed by atoms with van der Waals surface area (Å²) in [6.07, 6.45) is 4.11. The van der Waals surface area contributed by atoms with Gasteiger partial charge in [0.05, 0.1) is 29.3 Å². The maximum absolute atomic E-state index is 14.5. The quantitative estimate of drug-likeness (QED) is 0.789. The Morgan fingerprint density at radius 3 is 2.80 bits per heavy atom. The van der Waals surface area contributed by atoms with Crippen molar-refractivity contribution >= 4 is 23.0 Å². The van der Waals surface area contributed by atoms with Gasteiger partial charge in [-0.15, -0.1) is 0 Å². The van der Waals surface area contributed by atoms with Crippen LogP contribution in [-0.2, 0) is 11.8 Å². The van der Waals surface area contributed by atoms with Crippen LogP contribution >= 0.6 is 0 Å². The van der Waals surface area contributed by atoms with E-state index in [2.05, 4.69) is 21.4 Å². The number of halogens is 1. The zero-order chi connectivity index (χ0) is 21.8. The minimum absolute atomic E-state index is 0.0558. The molecule has 2 aliphatic carbocycles. The molecule has 0 saturated heterocycles. The van der Waals surface area contributed by atoms with Gasteiger partial charge >= 0.3 is 5.69 Å². The predicted molar refractivity (Wildman–Crippen MR) is 108 cm³/mol. The minimum atomic E-state index is -0.862. The van der Waals surface area contributed by atoms with Gasteiger partial charge in [0.2, 0.25) is 5.95 Å². The first kappa shape index (κ1) is 19.8. The Balaban J connectivity index is 1.70. The molecule has 0 spiro atoms. The first-order chi connectivity index (χ1) is 14.1. The molecule has 4 rings (SSSR count). The summed E-state index contributed by atoms with van der Waals surface area (Å²) in [5, 5.41) is 12.2. The van der Waals surface area contributed by atoms with Gasteiger partial charge in [0.1, 0.15) is 11.3 Å². The molecular formula is C20H22FN7O2. The van der Waals surface area contributed by atoms with Crippen molar-refractivity contribution in [1.29, 1.82) is 5.26 Å². The van der Waals surface area contributed by atoms with Crippen LogP contribution in [0.25, 0.3) is 11.2 Å². The summed E-state index contributed by atoms with van der Waals surface area (Å²) in [5.41, 5.74) is 5.80. The summed E-state index contributed by atoms with van der Waals surface area (Å²) in [6.45, 7) is 3.56. The third kappa shape index (κ3) is 2.98. The molecule has 0 aliphatic heterocycles. The first-order valence-corrected chi connectivity index (χ1v) is 9.63. The van der Waals surface area contributed by atoms with Crippen LogP contribution in [0.5, 0.6) is 0 Å². The molecule has 10 heteroatoms. The maximum Gasteiger partial charge on any atom is 0.330 e. The second kappa shape index (κ2) is 6.79. The van der Waals surface area contributed by atoms with Crippen LogP contribution in [0.4, 0.5) is 10.3 Å². The van der Waals surface area contributed by atoms with Crippen LogP contribution < -0.4 is 16.7 Å². The van der Waals surface area contributed by atoms with Crippen molar-refractivity contribution in [2.24, 2.45) is 18.7 Å². The molecule has 2 heterocycles. The van der Waals surface area contributed by atoms with Crippen molar-refractivity contribution in [3.05, 3.63) is 39.7 Å². The number of nitrogens with zero attached hydrogens (tertiary/aromatic N) is 5. The number of rotatable bonds is 4. The van der Waals surface area contributed by atoms with Gasteiger partial charge in [-0.25, -0.2) is 14.2 Å². The summed E-state index contributed by atoms with van der Waals surface area (Å²) in [4.78, 5) is 33.0. The van der Waals surface area contributed by atoms with Crippen molar-refractivity contribution < 1.29 is 9.18 Å². The minimum Gasteiger partial charge on any atom is -0.366 e.